The monoisotopic (exact) mass is 294 g/mol. The van der Waals surface area contributed by atoms with Crippen LogP contribution in [0.5, 0.6) is 0 Å². The van der Waals surface area contributed by atoms with Crippen molar-refractivity contribution in [2.75, 3.05) is 13.7 Å². The number of hydrogen-bond acceptors (Lipinski definition) is 4. The summed E-state index contributed by atoms with van der Waals surface area (Å²) in [7, 11) is 1.49. The fourth-order valence-corrected chi connectivity index (χ4v) is 2.27. The van der Waals surface area contributed by atoms with Gasteiger partial charge >= 0.3 is 11.9 Å². The van der Waals surface area contributed by atoms with Crippen LogP contribution in [0.2, 0.25) is 0 Å². The van der Waals surface area contributed by atoms with Crippen LogP contribution < -0.4 is 0 Å². The van der Waals surface area contributed by atoms with Crippen molar-refractivity contribution in [1.29, 1.82) is 0 Å². The first-order chi connectivity index (χ1) is 9.96. The van der Waals surface area contributed by atoms with E-state index >= 15 is 0 Å². The van der Waals surface area contributed by atoms with Crippen LogP contribution in [-0.2, 0) is 25.5 Å². The number of aliphatic carboxylic acids is 1. The van der Waals surface area contributed by atoms with Gasteiger partial charge in [0.25, 0.3) is 0 Å². The van der Waals surface area contributed by atoms with Gasteiger partial charge in [-0.15, -0.1) is 0 Å². The van der Waals surface area contributed by atoms with Gasteiger partial charge in [0.05, 0.1) is 12.7 Å². The quantitative estimate of drug-likeness (QED) is 0.588. The molecule has 0 fully saturated rings. The Morgan fingerprint density at radius 1 is 1.29 bits per heavy atom. The van der Waals surface area contributed by atoms with Crippen LogP contribution in [0.15, 0.2) is 30.3 Å². The van der Waals surface area contributed by atoms with E-state index in [1.807, 2.05) is 18.2 Å². The maximum Gasteiger partial charge on any atom is 0.323 e. The Labute approximate surface area is 124 Å². The first-order valence-electron chi connectivity index (χ1n) is 6.93. The van der Waals surface area contributed by atoms with Gasteiger partial charge in [-0.2, -0.15) is 0 Å². The van der Waals surface area contributed by atoms with Gasteiger partial charge in [-0.3, -0.25) is 9.59 Å². The number of benzene rings is 1. The number of ether oxygens (including phenoxy) is 2. The molecule has 0 saturated heterocycles. The summed E-state index contributed by atoms with van der Waals surface area (Å²) >= 11 is 0. The van der Waals surface area contributed by atoms with Gasteiger partial charge in [0.1, 0.15) is 0 Å². The molecule has 0 amide bonds. The third-order valence-electron chi connectivity index (χ3n) is 3.46. The highest BCUT2D eigenvalue weighted by Crippen LogP contribution is 2.32. The van der Waals surface area contributed by atoms with Crippen molar-refractivity contribution in [2.24, 2.45) is 5.41 Å². The lowest BCUT2D eigenvalue weighted by Gasteiger charge is -2.29. The third kappa shape index (κ3) is 4.29. The fourth-order valence-electron chi connectivity index (χ4n) is 2.27. The second kappa shape index (κ2) is 7.78. The van der Waals surface area contributed by atoms with E-state index in [0.29, 0.717) is 0 Å². The van der Waals surface area contributed by atoms with E-state index in [1.165, 1.54) is 7.11 Å². The van der Waals surface area contributed by atoms with Crippen LogP contribution in [0.4, 0.5) is 0 Å². The van der Waals surface area contributed by atoms with Crippen LogP contribution in [0.3, 0.4) is 0 Å². The fraction of sp³-hybridized carbons (Fsp3) is 0.500. The Morgan fingerprint density at radius 3 is 2.38 bits per heavy atom. The standard InChI is InChI=1S/C16H22O5/c1-4-21-15(19)16(14(17)18,10-12(2)20-3)11-13-8-6-5-7-9-13/h5-9,12H,4,10-11H2,1-3H3,(H,17,18). The zero-order valence-corrected chi connectivity index (χ0v) is 12.7. The minimum absolute atomic E-state index is 0.0621. The summed E-state index contributed by atoms with van der Waals surface area (Å²) in [5, 5.41) is 9.67. The van der Waals surface area contributed by atoms with E-state index in [4.69, 9.17) is 9.47 Å². The Kier molecular flexibility index (Phi) is 6.37. The minimum atomic E-state index is -1.63. The van der Waals surface area contributed by atoms with Crippen molar-refractivity contribution in [2.45, 2.75) is 32.8 Å². The molecule has 0 aromatic heterocycles. The van der Waals surface area contributed by atoms with Crippen molar-refractivity contribution in [3.8, 4) is 0 Å². The summed E-state index contributed by atoms with van der Waals surface area (Å²) < 4.78 is 10.2. The third-order valence-corrected chi connectivity index (χ3v) is 3.46. The first kappa shape index (κ1) is 17.2. The number of rotatable bonds is 8. The molecule has 0 radical (unpaired) electrons. The second-order valence-corrected chi connectivity index (χ2v) is 5.02. The molecule has 0 saturated carbocycles. The molecule has 21 heavy (non-hydrogen) atoms. The van der Waals surface area contributed by atoms with Crippen LogP contribution in [0.1, 0.15) is 25.8 Å². The van der Waals surface area contributed by atoms with E-state index in [2.05, 4.69) is 0 Å². The highest BCUT2D eigenvalue weighted by atomic mass is 16.5. The average molecular weight is 294 g/mol. The number of esters is 1. The van der Waals surface area contributed by atoms with Crippen LogP contribution in [-0.4, -0.2) is 36.9 Å². The van der Waals surface area contributed by atoms with Crippen molar-refractivity contribution < 1.29 is 24.2 Å². The summed E-state index contributed by atoms with van der Waals surface area (Å²) in [6.45, 7) is 3.54. The lowest BCUT2D eigenvalue weighted by atomic mass is 9.77. The summed E-state index contributed by atoms with van der Waals surface area (Å²) in [5.41, 5.74) is -0.858. The highest BCUT2D eigenvalue weighted by Gasteiger charge is 2.48. The zero-order valence-electron chi connectivity index (χ0n) is 12.7. The molecule has 0 aliphatic carbocycles. The number of carboxylic acid groups (broad SMARTS) is 1. The maximum absolute atomic E-state index is 12.3. The normalized spacial score (nSPS) is 15.0. The summed E-state index contributed by atoms with van der Waals surface area (Å²) in [5.74, 6) is -1.90. The van der Waals surface area contributed by atoms with Crippen LogP contribution in [0.25, 0.3) is 0 Å². The molecule has 1 rings (SSSR count). The lowest BCUT2D eigenvalue weighted by Crippen LogP contribution is -2.45. The number of carboxylic acids is 1. The molecular weight excluding hydrogens is 272 g/mol. The summed E-state index contributed by atoms with van der Waals surface area (Å²) in [6, 6.07) is 9.07. The van der Waals surface area contributed by atoms with Crippen LogP contribution >= 0.6 is 0 Å². The van der Waals surface area contributed by atoms with Crippen molar-refractivity contribution in [3.63, 3.8) is 0 Å². The SMILES string of the molecule is CCOC(=O)C(Cc1ccccc1)(CC(C)OC)C(=O)O. The molecule has 1 N–H and O–H groups in total. The molecule has 2 atom stereocenters. The van der Waals surface area contributed by atoms with Gasteiger partial charge in [0.2, 0.25) is 0 Å². The first-order valence-corrected chi connectivity index (χ1v) is 6.93. The van der Waals surface area contributed by atoms with Crippen molar-refractivity contribution >= 4 is 11.9 Å². The van der Waals surface area contributed by atoms with Gasteiger partial charge in [0, 0.05) is 13.5 Å². The Balaban J connectivity index is 3.16. The van der Waals surface area contributed by atoms with E-state index in [0.717, 1.165) is 5.56 Å². The zero-order chi connectivity index (χ0) is 15.9. The smallest absolute Gasteiger partial charge is 0.323 e. The van der Waals surface area contributed by atoms with Gasteiger partial charge in [-0.25, -0.2) is 0 Å². The molecule has 116 valence electrons. The number of carbonyl (C=O) groups excluding carboxylic acids is 1. The lowest BCUT2D eigenvalue weighted by molar-refractivity contribution is -0.171. The van der Waals surface area contributed by atoms with E-state index < -0.39 is 17.4 Å². The second-order valence-electron chi connectivity index (χ2n) is 5.02. The van der Waals surface area contributed by atoms with Crippen molar-refractivity contribution in [1.82, 2.24) is 0 Å². The van der Waals surface area contributed by atoms with E-state index in [9.17, 15) is 14.7 Å². The van der Waals surface area contributed by atoms with E-state index in [1.54, 1.807) is 26.0 Å². The predicted molar refractivity (Wildman–Crippen MR) is 77.9 cm³/mol. The average Bonchev–Trinajstić information content (AvgIpc) is 2.47. The van der Waals surface area contributed by atoms with Gasteiger partial charge in [-0.1, -0.05) is 30.3 Å². The molecule has 0 heterocycles. The Bertz CT molecular complexity index is 471. The Morgan fingerprint density at radius 2 is 1.90 bits per heavy atom. The molecule has 1 aromatic rings. The molecular formula is C16H22O5. The molecule has 0 bridgehead atoms. The highest BCUT2D eigenvalue weighted by molar-refractivity contribution is 5.99. The number of hydrogen-bond donors (Lipinski definition) is 1. The minimum Gasteiger partial charge on any atom is -0.480 e. The topological polar surface area (TPSA) is 72.8 Å². The number of methoxy groups -OCH3 is 1. The van der Waals surface area contributed by atoms with Gasteiger partial charge in [0.15, 0.2) is 5.41 Å². The summed E-state index contributed by atoms with van der Waals surface area (Å²) in [6.07, 6.45) is -0.225. The molecule has 5 heteroatoms. The van der Waals surface area contributed by atoms with Gasteiger partial charge < -0.3 is 14.6 Å². The van der Waals surface area contributed by atoms with Crippen molar-refractivity contribution in [3.05, 3.63) is 35.9 Å². The number of carbonyl (C=O) groups is 2. The van der Waals surface area contributed by atoms with Crippen LogP contribution in [0, 0.1) is 5.41 Å². The molecule has 2 unspecified atom stereocenters. The van der Waals surface area contributed by atoms with Gasteiger partial charge in [-0.05, 0) is 25.8 Å². The maximum atomic E-state index is 12.3. The molecule has 0 aliphatic heterocycles. The Hall–Kier alpha value is -1.88. The predicted octanol–water partition coefficient (Wildman–Crippen LogP) is 2.29. The molecule has 1 aromatic carbocycles. The molecule has 0 aliphatic rings. The molecule has 5 nitrogen and oxygen atoms in total. The summed E-state index contributed by atoms with van der Waals surface area (Å²) in [4.78, 5) is 24.1. The molecule has 0 spiro atoms. The largest absolute Gasteiger partial charge is 0.480 e. The van der Waals surface area contributed by atoms with E-state index in [-0.39, 0.29) is 25.6 Å².